The minimum Gasteiger partial charge on any atom is -0.550 e. The summed E-state index contributed by atoms with van der Waals surface area (Å²) in [6, 6.07) is 23.9. The number of carboxylic acids is 1. The monoisotopic (exact) mass is 689 g/mol. The van der Waals surface area contributed by atoms with E-state index in [1.807, 2.05) is 67.8 Å². The van der Waals surface area contributed by atoms with Gasteiger partial charge in [-0.1, -0.05) is 74.0 Å². The molecule has 10 heteroatoms. The van der Waals surface area contributed by atoms with Gasteiger partial charge in [-0.3, -0.25) is 0 Å². The standard InChI is InChI=1S/C39H47FN2O6S/c1-26(2)37-39(49(47,48)41-20-17-29(18-21-41)23-28-7-5-4-6-8-28)36(30-11-9-27(3)10-12-30)38(31-13-15-32(40)16-14-31)42(37)22-19-33(43)24-34(44)25-35(45)46/h4-16,26,29,33-34,43-44H,17-25H2,1-3H3,(H,45,46)/p-1/t33-,34-/m1/s1. The van der Waals surface area contributed by atoms with Crippen molar-refractivity contribution in [1.29, 1.82) is 0 Å². The minimum atomic E-state index is -4.05. The summed E-state index contributed by atoms with van der Waals surface area (Å²) < 4.78 is 47.7. The van der Waals surface area contributed by atoms with Crippen molar-refractivity contribution < 1.29 is 32.9 Å². The highest BCUT2D eigenvalue weighted by Gasteiger charge is 2.38. The topological polar surface area (TPSA) is 123 Å². The molecule has 1 aromatic heterocycles. The van der Waals surface area contributed by atoms with Gasteiger partial charge in [-0.2, -0.15) is 4.31 Å². The number of hydrogen-bond acceptors (Lipinski definition) is 6. The molecule has 0 radical (unpaired) electrons. The van der Waals surface area contributed by atoms with Crippen LogP contribution in [-0.2, 0) is 27.8 Å². The first-order valence-electron chi connectivity index (χ1n) is 17.0. The Bertz CT molecular complexity index is 1810. The largest absolute Gasteiger partial charge is 0.550 e. The Morgan fingerprint density at radius 2 is 1.53 bits per heavy atom. The van der Waals surface area contributed by atoms with E-state index in [0.29, 0.717) is 47.1 Å². The number of rotatable bonds is 14. The molecule has 8 nitrogen and oxygen atoms in total. The highest BCUT2D eigenvalue weighted by molar-refractivity contribution is 7.89. The molecule has 1 aliphatic heterocycles. The molecule has 0 bridgehead atoms. The smallest absolute Gasteiger partial charge is 0.245 e. The zero-order valence-corrected chi connectivity index (χ0v) is 29.2. The molecule has 0 amide bonds. The van der Waals surface area contributed by atoms with Gasteiger partial charge in [0.15, 0.2) is 0 Å². The fourth-order valence-electron chi connectivity index (χ4n) is 6.99. The van der Waals surface area contributed by atoms with Gasteiger partial charge in [-0.25, -0.2) is 12.8 Å². The van der Waals surface area contributed by atoms with Crippen molar-refractivity contribution in [3.8, 4) is 22.4 Å². The van der Waals surface area contributed by atoms with Crippen LogP contribution >= 0.6 is 0 Å². The lowest BCUT2D eigenvalue weighted by Crippen LogP contribution is -2.39. The summed E-state index contributed by atoms with van der Waals surface area (Å²) in [6.45, 7) is 6.78. The lowest BCUT2D eigenvalue weighted by Gasteiger charge is -2.32. The first-order chi connectivity index (χ1) is 23.3. The number of aliphatic hydroxyl groups excluding tert-OH is 2. The van der Waals surface area contributed by atoms with E-state index in [1.54, 1.807) is 16.4 Å². The van der Waals surface area contributed by atoms with Crippen molar-refractivity contribution >= 4 is 16.0 Å². The number of aryl methyl sites for hydroxylation is 1. The van der Waals surface area contributed by atoms with Crippen molar-refractivity contribution in [3.63, 3.8) is 0 Å². The number of aromatic nitrogens is 1. The van der Waals surface area contributed by atoms with Crippen LogP contribution in [-0.4, -0.2) is 58.8 Å². The van der Waals surface area contributed by atoms with Gasteiger partial charge < -0.3 is 24.7 Å². The summed E-state index contributed by atoms with van der Waals surface area (Å²) >= 11 is 0. The van der Waals surface area contributed by atoms with Gasteiger partial charge in [-0.15, -0.1) is 0 Å². The molecule has 3 aromatic carbocycles. The molecule has 0 unspecified atom stereocenters. The molecule has 0 spiro atoms. The maximum atomic E-state index is 15.0. The first-order valence-corrected chi connectivity index (χ1v) is 18.5. The molecular weight excluding hydrogens is 644 g/mol. The number of sulfonamides is 1. The summed E-state index contributed by atoms with van der Waals surface area (Å²) in [5.41, 5.74) is 5.26. The Hall–Kier alpha value is -3.83. The van der Waals surface area contributed by atoms with Crippen molar-refractivity contribution in [1.82, 2.24) is 8.87 Å². The molecule has 1 aliphatic rings. The van der Waals surface area contributed by atoms with Crippen LogP contribution in [0, 0.1) is 18.7 Å². The fraction of sp³-hybridized carbons (Fsp3) is 0.410. The normalized spacial score (nSPS) is 15.8. The van der Waals surface area contributed by atoms with E-state index in [4.69, 9.17) is 0 Å². The Kier molecular flexibility index (Phi) is 11.8. The highest BCUT2D eigenvalue weighted by atomic mass is 32.2. The average molecular weight is 690 g/mol. The summed E-state index contributed by atoms with van der Waals surface area (Å²) in [6.07, 6.45) is -0.643. The number of hydrogen-bond donors (Lipinski definition) is 2. The third-order valence-corrected chi connectivity index (χ3v) is 11.4. The molecule has 2 atom stereocenters. The Morgan fingerprint density at radius 3 is 2.12 bits per heavy atom. The number of carboxylic acid groups (broad SMARTS) is 1. The molecular formula is C39H46FN2O6S-. The zero-order chi connectivity index (χ0) is 35.3. The maximum Gasteiger partial charge on any atom is 0.245 e. The van der Waals surface area contributed by atoms with Gasteiger partial charge in [0.05, 0.1) is 17.9 Å². The third kappa shape index (κ3) is 8.67. The SMILES string of the molecule is Cc1ccc(-c2c(S(=O)(=O)N3CCC(Cc4ccccc4)CC3)c(C(C)C)n(CC[C@@H](O)C[C@@H](O)CC(=O)[O-])c2-c2ccc(F)cc2)cc1. The van der Waals surface area contributed by atoms with Crippen LogP contribution in [0.4, 0.5) is 4.39 Å². The third-order valence-electron chi connectivity index (χ3n) is 9.43. The van der Waals surface area contributed by atoms with Gasteiger partial charge in [0.25, 0.3) is 0 Å². The molecule has 49 heavy (non-hydrogen) atoms. The van der Waals surface area contributed by atoms with Gasteiger partial charge in [0.2, 0.25) is 10.0 Å². The molecule has 2 N–H and O–H groups in total. The van der Waals surface area contributed by atoms with E-state index in [-0.39, 0.29) is 30.2 Å². The van der Waals surface area contributed by atoms with Crippen LogP contribution in [0.1, 0.15) is 68.7 Å². The Labute approximate surface area is 288 Å². The van der Waals surface area contributed by atoms with E-state index in [2.05, 4.69) is 12.1 Å². The minimum absolute atomic E-state index is 0.115. The second kappa shape index (κ2) is 15.8. The van der Waals surface area contributed by atoms with Crippen molar-refractivity contribution in [2.24, 2.45) is 5.92 Å². The lowest BCUT2D eigenvalue weighted by atomic mass is 9.91. The molecule has 5 rings (SSSR count). The van der Waals surface area contributed by atoms with Crippen molar-refractivity contribution in [3.05, 3.63) is 102 Å². The van der Waals surface area contributed by atoms with Gasteiger partial charge >= 0.3 is 0 Å². The second-order valence-corrected chi connectivity index (χ2v) is 15.4. The van der Waals surface area contributed by atoms with Crippen LogP contribution < -0.4 is 5.11 Å². The van der Waals surface area contributed by atoms with E-state index in [1.165, 1.54) is 17.7 Å². The summed E-state index contributed by atoms with van der Waals surface area (Å²) in [7, 11) is -4.05. The maximum absolute atomic E-state index is 15.0. The van der Waals surface area contributed by atoms with E-state index >= 15 is 0 Å². The number of carbonyl (C=O) groups is 1. The summed E-state index contributed by atoms with van der Waals surface area (Å²) in [5, 5.41) is 32.0. The molecule has 4 aromatic rings. The predicted molar refractivity (Wildman–Crippen MR) is 187 cm³/mol. The average Bonchev–Trinajstić information content (AvgIpc) is 3.41. The molecule has 0 saturated carbocycles. The van der Waals surface area contributed by atoms with Crippen molar-refractivity contribution in [2.75, 3.05) is 13.1 Å². The number of benzene rings is 3. The second-order valence-electron chi connectivity index (χ2n) is 13.6. The Balaban J connectivity index is 1.62. The molecule has 1 saturated heterocycles. The predicted octanol–water partition coefficient (Wildman–Crippen LogP) is 5.68. The number of piperidine rings is 1. The van der Waals surface area contributed by atoms with Gasteiger partial charge in [-0.05, 0) is 91.8 Å². The van der Waals surface area contributed by atoms with Crippen molar-refractivity contribution in [2.45, 2.75) is 88.9 Å². The first kappa shape index (κ1) is 36.5. The number of nitrogens with zero attached hydrogens (tertiary/aromatic N) is 2. The molecule has 0 aliphatic carbocycles. The van der Waals surface area contributed by atoms with E-state index in [0.717, 1.165) is 24.8 Å². The van der Waals surface area contributed by atoms with Crippen LogP contribution in [0.5, 0.6) is 0 Å². The highest BCUT2D eigenvalue weighted by Crippen LogP contribution is 2.46. The van der Waals surface area contributed by atoms with E-state index < -0.39 is 40.4 Å². The lowest BCUT2D eigenvalue weighted by molar-refractivity contribution is -0.307. The molecule has 262 valence electrons. The number of halogens is 1. The number of aliphatic carboxylic acids is 1. The number of aliphatic hydroxyl groups is 2. The van der Waals surface area contributed by atoms with E-state index in [9.17, 15) is 32.9 Å². The molecule has 1 fully saturated rings. The van der Waals surface area contributed by atoms with Gasteiger partial charge in [0, 0.05) is 43.3 Å². The fourth-order valence-corrected chi connectivity index (χ4v) is 9.03. The van der Waals surface area contributed by atoms with Crippen LogP contribution in [0.15, 0.2) is 83.8 Å². The van der Waals surface area contributed by atoms with Crippen LogP contribution in [0.3, 0.4) is 0 Å². The number of carbonyl (C=O) groups excluding carboxylic acids is 1. The molecule has 2 heterocycles. The zero-order valence-electron chi connectivity index (χ0n) is 28.4. The van der Waals surface area contributed by atoms with Crippen LogP contribution in [0.25, 0.3) is 22.4 Å². The summed E-state index contributed by atoms with van der Waals surface area (Å²) in [4.78, 5) is 11.2. The van der Waals surface area contributed by atoms with Crippen LogP contribution in [0.2, 0.25) is 0 Å². The van der Waals surface area contributed by atoms with Gasteiger partial charge in [0.1, 0.15) is 10.7 Å². The Morgan fingerprint density at radius 1 is 0.918 bits per heavy atom. The summed E-state index contributed by atoms with van der Waals surface area (Å²) in [5.74, 6) is -1.73. The quantitative estimate of drug-likeness (QED) is 0.176.